The van der Waals surface area contributed by atoms with Crippen molar-refractivity contribution in [2.75, 3.05) is 13.2 Å². The second-order valence-electron chi connectivity index (χ2n) is 9.36. The van der Waals surface area contributed by atoms with Gasteiger partial charge in [-0.1, -0.05) is 74.5 Å². The molecule has 0 bridgehead atoms. The second-order valence-corrected chi connectivity index (χ2v) is 9.36. The number of carbonyl (C=O) groups is 1. The Labute approximate surface area is 179 Å². The van der Waals surface area contributed by atoms with Crippen molar-refractivity contribution in [1.82, 2.24) is 0 Å². The molecule has 0 unspecified atom stereocenters. The lowest BCUT2D eigenvalue weighted by Crippen LogP contribution is -2.55. The van der Waals surface area contributed by atoms with E-state index >= 15 is 0 Å². The molecule has 0 amide bonds. The molecular formula is C27H30O3. The molecule has 2 aromatic carbocycles. The highest BCUT2D eigenvalue weighted by molar-refractivity contribution is 6.01. The summed E-state index contributed by atoms with van der Waals surface area (Å²) >= 11 is 0. The Morgan fingerprint density at radius 3 is 2.30 bits per heavy atom. The lowest BCUT2D eigenvalue weighted by Gasteiger charge is -2.52. The van der Waals surface area contributed by atoms with Crippen LogP contribution >= 0.6 is 0 Å². The summed E-state index contributed by atoms with van der Waals surface area (Å²) in [5.41, 5.74) is 4.28. The van der Waals surface area contributed by atoms with Crippen molar-refractivity contribution in [1.29, 1.82) is 0 Å². The van der Waals surface area contributed by atoms with Crippen LogP contribution in [-0.4, -0.2) is 24.8 Å². The van der Waals surface area contributed by atoms with E-state index in [-0.39, 0.29) is 17.3 Å². The molecular weight excluding hydrogens is 372 g/mol. The molecule has 2 aliphatic carbocycles. The molecule has 0 N–H and O–H groups in total. The normalized spacial score (nSPS) is 30.2. The van der Waals surface area contributed by atoms with Crippen LogP contribution in [0.5, 0.6) is 0 Å². The fraction of sp³-hybridized carbons (Fsp3) is 0.444. The lowest BCUT2D eigenvalue weighted by molar-refractivity contribution is -0.239. The largest absolute Gasteiger partial charge is 0.347 e. The van der Waals surface area contributed by atoms with E-state index in [9.17, 15) is 4.79 Å². The third-order valence-corrected chi connectivity index (χ3v) is 7.77. The Kier molecular flexibility index (Phi) is 4.91. The van der Waals surface area contributed by atoms with Crippen molar-refractivity contribution in [3.63, 3.8) is 0 Å². The first kappa shape index (κ1) is 19.7. The Morgan fingerprint density at radius 2 is 1.60 bits per heavy atom. The Hall–Kier alpha value is -2.23. The number of allylic oxidation sites excluding steroid dienone is 2. The number of rotatable bonds is 3. The van der Waals surface area contributed by atoms with Gasteiger partial charge >= 0.3 is 0 Å². The highest BCUT2D eigenvalue weighted by Crippen LogP contribution is 2.56. The average molecular weight is 403 g/mol. The number of fused-ring (bicyclic) bond motifs is 1. The molecule has 3 aliphatic rings. The summed E-state index contributed by atoms with van der Waals surface area (Å²) in [6, 6.07) is 19.0. The minimum atomic E-state index is -0.469. The van der Waals surface area contributed by atoms with Crippen molar-refractivity contribution in [3.05, 3.63) is 71.8 Å². The van der Waals surface area contributed by atoms with Gasteiger partial charge in [-0.25, -0.2) is 0 Å². The zero-order valence-corrected chi connectivity index (χ0v) is 17.9. The van der Waals surface area contributed by atoms with Crippen LogP contribution in [0.1, 0.15) is 38.7 Å². The van der Waals surface area contributed by atoms with Gasteiger partial charge in [-0.2, -0.15) is 0 Å². The summed E-state index contributed by atoms with van der Waals surface area (Å²) in [7, 11) is 0. The standard InChI is InChI=1S/C27H30O3/c1-19-24-13-12-23(25(28)26(24,2)14-15-27(19)29-16-17-30-27)18-20-8-10-22(11-9-20)21-6-4-3-5-7-21/h3-12,19,24H,13-18H2,1-2H3/t19-,24-,26-/m0/s1. The summed E-state index contributed by atoms with van der Waals surface area (Å²) in [6.45, 7) is 5.72. The number of benzene rings is 2. The number of hydrogen-bond acceptors (Lipinski definition) is 3. The third kappa shape index (κ3) is 3.16. The van der Waals surface area contributed by atoms with Crippen molar-refractivity contribution >= 4 is 5.78 Å². The third-order valence-electron chi connectivity index (χ3n) is 7.77. The molecule has 1 saturated carbocycles. The minimum Gasteiger partial charge on any atom is -0.347 e. The highest BCUT2D eigenvalue weighted by atomic mass is 16.7. The summed E-state index contributed by atoms with van der Waals surface area (Å²) < 4.78 is 12.1. The number of carbonyl (C=O) groups excluding carboxylic acids is 1. The smallest absolute Gasteiger partial charge is 0.171 e. The van der Waals surface area contributed by atoms with Gasteiger partial charge in [0.05, 0.1) is 13.2 Å². The van der Waals surface area contributed by atoms with E-state index in [0.29, 0.717) is 25.4 Å². The molecule has 1 spiro atoms. The summed E-state index contributed by atoms with van der Waals surface area (Å²) in [5, 5.41) is 0. The predicted molar refractivity (Wildman–Crippen MR) is 118 cm³/mol. The molecule has 3 atom stereocenters. The van der Waals surface area contributed by atoms with Gasteiger partial charge in [0.1, 0.15) is 0 Å². The topological polar surface area (TPSA) is 35.5 Å². The quantitative estimate of drug-likeness (QED) is 0.671. The SMILES string of the molecule is C[C@H]1[C@@H]2CC=C(Cc3ccc(-c4ccccc4)cc3)C(=O)[C@@]2(C)CCC12OCCO2. The van der Waals surface area contributed by atoms with Gasteiger partial charge in [-0.3, -0.25) is 4.79 Å². The fourth-order valence-corrected chi connectivity index (χ4v) is 5.88. The minimum absolute atomic E-state index is 0.227. The molecule has 1 aliphatic heterocycles. The zero-order chi connectivity index (χ0) is 20.8. The van der Waals surface area contributed by atoms with Gasteiger partial charge in [0, 0.05) is 24.2 Å². The van der Waals surface area contributed by atoms with Gasteiger partial charge in [-0.15, -0.1) is 0 Å². The van der Waals surface area contributed by atoms with Crippen molar-refractivity contribution < 1.29 is 14.3 Å². The van der Waals surface area contributed by atoms with Crippen molar-refractivity contribution in [3.8, 4) is 11.1 Å². The van der Waals surface area contributed by atoms with Gasteiger partial charge in [-0.05, 0) is 41.0 Å². The highest BCUT2D eigenvalue weighted by Gasteiger charge is 2.58. The maximum atomic E-state index is 13.6. The van der Waals surface area contributed by atoms with E-state index in [1.165, 1.54) is 16.7 Å². The molecule has 156 valence electrons. The first-order chi connectivity index (χ1) is 14.5. The molecule has 2 aromatic rings. The summed E-state index contributed by atoms with van der Waals surface area (Å²) in [5.74, 6) is 0.362. The first-order valence-electron chi connectivity index (χ1n) is 11.2. The number of hydrogen-bond donors (Lipinski definition) is 0. The second kappa shape index (κ2) is 7.47. The summed E-state index contributed by atoms with van der Waals surface area (Å²) in [4.78, 5) is 13.6. The van der Waals surface area contributed by atoms with E-state index in [2.05, 4.69) is 68.5 Å². The average Bonchev–Trinajstić information content (AvgIpc) is 3.26. The van der Waals surface area contributed by atoms with E-state index in [1.54, 1.807) is 0 Å². The van der Waals surface area contributed by atoms with Crippen LogP contribution in [0, 0.1) is 17.3 Å². The maximum Gasteiger partial charge on any atom is 0.171 e. The molecule has 2 fully saturated rings. The van der Waals surface area contributed by atoms with Crippen LogP contribution < -0.4 is 0 Å². The van der Waals surface area contributed by atoms with Crippen molar-refractivity contribution in [2.45, 2.75) is 45.3 Å². The number of ether oxygens (including phenoxy) is 2. The van der Waals surface area contributed by atoms with E-state index in [4.69, 9.17) is 9.47 Å². The molecule has 1 heterocycles. The Balaban J connectivity index is 1.35. The zero-order valence-electron chi connectivity index (χ0n) is 17.9. The number of ketones is 1. The van der Waals surface area contributed by atoms with E-state index in [1.807, 2.05) is 6.07 Å². The lowest BCUT2D eigenvalue weighted by atomic mass is 9.55. The predicted octanol–water partition coefficient (Wildman–Crippen LogP) is 5.59. The van der Waals surface area contributed by atoms with Crippen LogP contribution in [-0.2, 0) is 20.7 Å². The van der Waals surface area contributed by atoms with Crippen LogP contribution in [0.3, 0.4) is 0 Å². The van der Waals surface area contributed by atoms with Gasteiger partial charge in [0.25, 0.3) is 0 Å². The number of Topliss-reactive ketones (excluding diaryl/α,β-unsaturated/α-hetero) is 1. The molecule has 1 saturated heterocycles. The van der Waals surface area contributed by atoms with Crippen LogP contribution in [0.15, 0.2) is 66.2 Å². The molecule has 0 aromatic heterocycles. The van der Waals surface area contributed by atoms with Gasteiger partial charge in [0.15, 0.2) is 11.6 Å². The first-order valence-corrected chi connectivity index (χ1v) is 11.2. The van der Waals surface area contributed by atoms with Crippen LogP contribution in [0.2, 0.25) is 0 Å². The monoisotopic (exact) mass is 402 g/mol. The van der Waals surface area contributed by atoms with E-state index < -0.39 is 5.79 Å². The Morgan fingerprint density at radius 1 is 0.933 bits per heavy atom. The van der Waals surface area contributed by atoms with Crippen molar-refractivity contribution in [2.24, 2.45) is 17.3 Å². The fourth-order valence-electron chi connectivity index (χ4n) is 5.88. The molecule has 3 heteroatoms. The van der Waals surface area contributed by atoms with Gasteiger partial charge < -0.3 is 9.47 Å². The van der Waals surface area contributed by atoms with E-state index in [0.717, 1.165) is 24.8 Å². The van der Waals surface area contributed by atoms with Crippen LogP contribution in [0.25, 0.3) is 11.1 Å². The maximum absolute atomic E-state index is 13.6. The molecule has 30 heavy (non-hydrogen) atoms. The Bertz CT molecular complexity index is 953. The molecule has 3 nitrogen and oxygen atoms in total. The molecule has 0 radical (unpaired) electrons. The van der Waals surface area contributed by atoms with Crippen LogP contribution in [0.4, 0.5) is 0 Å². The molecule has 5 rings (SSSR count). The van der Waals surface area contributed by atoms with Gasteiger partial charge in [0.2, 0.25) is 0 Å². The summed E-state index contributed by atoms with van der Waals surface area (Å²) in [6.07, 6.45) is 5.47.